The van der Waals surface area contributed by atoms with E-state index in [1.165, 1.54) is 5.56 Å². The molecule has 1 aromatic carbocycles. The van der Waals surface area contributed by atoms with Gasteiger partial charge in [-0.2, -0.15) is 0 Å². The second-order valence-corrected chi connectivity index (χ2v) is 3.56. The van der Waals surface area contributed by atoms with Gasteiger partial charge >= 0.3 is 0 Å². The second kappa shape index (κ2) is 4.82. The van der Waals surface area contributed by atoms with Crippen LogP contribution < -0.4 is 11.5 Å². The maximum Gasteiger partial charge on any atom is 0.0417 e. The van der Waals surface area contributed by atoms with Crippen LogP contribution in [0.4, 0.5) is 5.69 Å². The molecule has 1 aromatic rings. The summed E-state index contributed by atoms with van der Waals surface area (Å²) in [5, 5.41) is 0. The Morgan fingerprint density at radius 1 is 1.29 bits per heavy atom. The molecular weight excluding hydrogens is 172 g/mol. The number of hydrogen-bond acceptors (Lipinski definition) is 2. The summed E-state index contributed by atoms with van der Waals surface area (Å²) in [5.41, 5.74) is 15.7. The molecule has 0 aromatic heterocycles. The quantitative estimate of drug-likeness (QED) is 0.718. The molecule has 2 heteroatoms. The fraction of sp³-hybridized carbons (Fsp3) is 0.333. The van der Waals surface area contributed by atoms with Crippen molar-refractivity contribution in [2.75, 3.05) is 12.3 Å². The van der Waals surface area contributed by atoms with Crippen molar-refractivity contribution in [2.24, 2.45) is 5.73 Å². The van der Waals surface area contributed by atoms with Crippen molar-refractivity contribution in [1.82, 2.24) is 0 Å². The van der Waals surface area contributed by atoms with E-state index in [4.69, 9.17) is 11.5 Å². The van der Waals surface area contributed by atoms with Crippen LogP contribution in [0.5, 0.6) is 0 Å². The van der Waals surface area contributed by atoms with E-state index in [1.54, 1.807) is 0 Å². The lowest BCUT2D eigenvalue weighted by atomic mass is 10.0. The summed E-state index contributed by atoms with van der Waals surface area (Å²) in [5.74, 6) is 0. The lowest BCUT2D eigenvalue weighted by molar-refractivity contribution is 1.01. The highest BCUT2D eigenvalue weighted by Gasteiger charge is 1.99. The number of rotatable bonds is 3. The van der Waals surface area contributed by atoms with Gasteiger partial charge in [-0.15, -0.1) is 0 Å². The summed E-state index contributed by atoms with van der Waals surface area (Å²) in [6, 6.07) is 4.19. The number of hydrogen-bond donors (Lipinski definition) is 2. The molecule has 0 saturated carbocycles. The van der Waals surface area contributed by atoms with Crippen molar-refractivity contribution in [3.8, 4) is 0 Å². The molecule has 0 aliphatic heterocycles. The van der Waals surface area contributed by atoms with Crippen LogP contribution in [-0.4, -0.2) is 6.54 Å². The van der Waals surface area contributed by atoms with E-state index in [2.05, 4.69) is 25.1 Å². The summed E-state index contributed by atoms with van der Waals surface area (Å²) in [6.07, 6.45) is 5.00. The highest BCUT2D eigenvalue weighted by atomic mass is 14.6. The number of nitrogens with two attached hydrogens (primary N) is 2. The Morgan fingerprint density at radius 2 is 2.00 bits per heavy atom. The molecule has 0 amide bonds. The first-order chi connectivity index (χ1) is 6.65. The molecule has 0 bridgehead atoms. The van der Waals surface area contributed by atoms with Gasteiger partial charge < -0.3 is 11.5 Å². The molecule has 0 spiro atoms. The number of anilines is 1. The standard InChI is InChI=1S/C12H18N2/c1-9-7-10(2)12(14)11(8-9)5-3-4-6-13/h3,5,7-8H,4,6,13-14H2,1-2H3. The molecule has 1 rings (SSSR count). The Labute approximate surface area is 85.6 Å². The summed E-state index contributed by atoms with van der Waals surface area (Å²) in [6.45, 7) is 4.79. The van der Waals surface area contributed by atoms with Gasteiger partial charge in [0.2, 0.25) is 0 Å². The zero-order valence-corrected chi connectivity index (χ0v) is 8.88. The normalized spacial score (nSPS) is 11.1. The molecule has 76 valence electrons. The molecule has 14 heavy (non-hydrogen) atoms. The molecule has 0 aliphatic carbocycles. The molecule has 0 radical (unpaired) electrons. The smallest absolute Gasteiger partial charge is 0.0417 e. The minimum atomic E-state index is 0.682. The average molecular weight is 190 g/mol. The van der Waals surface area contributed by atoms with Gasteiger partial charge in [0, 0.05) is 5.69 Å². The summed E-state index contributed by atoms with van der Waals surface area (Å²) < 4.78 is 0. The van der Waals surface area contributed by atoms with Gasteiger partial charge in [0.15, 0.2) is 0 Å². The van der Waals surface area contributed by atoms with Crippen LogP contribution in [0.2, 0.25) is 0 Å². The van der Waals surface area contributed by atoms with Gasteiger partial charge in [0.25, 0.3) is 0 Å². The molecular formula is C12H18N2. The Morgan fingerprint density at radius 3 is 2.64 bits per heavy atom. The summed E-state index contributed by atoms with van der Waals surface area (Å²) in [7, 11) is 0. The van der Waals surface area contributed by atoms with Crippen LogP contribution in [0.15, 0.2) is 18.2 Å². The zero-order valence-electron chi connectivity index (χ0n) is 8.88. The lowest BCUT2D eigenvalue weighted by Gasteiger charge is -2.06. The minimum absolute atomic E-state index is 0.682. The number of benzene rings is 1. The van der Waals surface area contributed by atoms with E-state index in [1.807, 2.05) is 13.0 Å². The van der Waals surface area contributed by atoms with E-state index < -0.39 is 0 Å². The van der Waals surface area contributed by atoms with E-state index in [0.29, 0.717) is 6.54 Å². The van der Waals surface area contributed by atoms with Crippen LogP contribution in [0.1, 0.15) is 23.1 Å². The Balaban J connectivity index is 2.96. The van der Waals surface area contributed by atoms with E-state index in [0.717, 1.165) is 23.2 Å². The van der Waals surface area contributed by atoms with Crippen LogP contribution in [0.25, 0.3) is 6.08 Å². The van der Waals surface area contributed by atoms with Gasteiger partial charge in [-0.3, -0.25) is 0 Å². The first-order valence-electron chi connectivity index (χ1n) is 4.88. The predicted octanol–water partition coefficient (Wildman–Crippen LogP) is 2.25. The molecule has 2 nitrogen and oxygen atoms in total. The Kier molecular flexibility index (Phi) is 3.72. The van der Waals surface area contributed by atoms with Crippen LogP contribution in [-0.2, 0) is 0 Å². The van der Waals surface area contributed by atoms with E-state index >= 15 is 0 Å². The maximum atomic E-state index is 5.95. The maximum absolute atomic E-state index is 5.95. The van der Waals surface area contributed by atoms with Gasteiger partial charge in [0.1, 0.15) is 0 Å². The van der Waals surface area contributed by atoms with Gasteiger partial charge in [-0.1, -0.05) is 23.8 Å². The van der Waals surface area contributed by atoms with E-state index in [-0.39, 0.29) is 0 Å². The highest BCUT2D eigenvalue weighted by Crippen LogP contribution is 2.20. The van der Waals surface area contributed by atoms with Crippen LogP contribution >= 0.6 is 0 Å². The largest absolute Gasteiger partial charge is 0.398 e. The van der Waals surface area contributed by atoms with E-state index in [9.17, 15) is 0 Å². The first-order valence-corrected chi connectivity index (χ1v) is 4.88. The first kappa shape index (κ1) is 10.8. The van der Waals surface area contributed by atoms with Crippen molar-refractivity contribution in [3.63, 3.8) is 0 Å². The van der Waals surface area contributed by atoms with Crippen molar-refractivity contribution in [1.29, 1.82) is 0 Å². The third-order valence-corrected chi connectivity index (χ3v) is 2.19. The SMILES string of the molecule is Cc1cc(C)c(N)c(C=CCCN)c1. The number of nitrogen functional groups attached to an aromatic ring is 1. The molecule has 0 saturated heterocycles. The lowest BCUT2D eigenvalue weighted by Crippen LogP contribution is -1.96. The van der Waals surface area contributed by atoms with Gasteiger partial charge in [-0.05, 0) is 44.0 Å². The minimum Gasteiger partial charge on any atom is -0.398 e. The monoisotopic (exact) mass is 190 g/mol. The van der Waals surface area contributed by atoms with Crippen LogP contribution in [0.3, 0.4) is 0 Å². The van der Waals surface area contributed by atoms with Gasteiger partial charge in [0.05, 0.1) is 0 Å². The topological polar surface area (TPSA) is 52.0 Å². The predicted molar refractivity (Wildman–Crippen MR) is 63.0 cm³/mol. The molecule has 0 aliphatic rings. The van der Waals surface area contributed by atoms with Crippen LogP contribution in [0, 0.1) is 13.8 Å². The van der Waals surface area contributed by atoms with Gasteiger partial charge in [-0.25, -0.2) is 0 Å². The Hall–Kier alpha value is -1.28. The molecule has 0 atom stereocenters. The van der Waals surface area contributed by atoms with Crippen molar-refractivity contribution in [3.05, 3.63) is 34.9 Å². The molecule has 4 N–H and O–H groups in total. The molecule has 0 fully saturated rings. The average Bonchev–Trinajstić information content (AvgIpc) is 2.13. The van der Waals surface area contributed by atoms with Crippen molar-refractivity contribution >= 4 is 11.8 Å². The summed E-state index contributed by atoms with van der Waals surface area (Å²) >= 11 is 0. The second-order valence-electron chi connectivity index (χ2n) is 3.56. The Bertz CT molecular complexity index is 340. The third-order valence-electron chi connectivity index (χ3n) is 2.19. The van der Waals surface area contributed by atoms with Crippen molar-refractivity contribution in [2.45, 2.75) is 20.3 Å². The summed E-state index contributed by atoms with van der Waals surface area (Å²) in [4.78, 5) is 0. The molecule has 0 unspecified atom stereocenters. The third kappa shape index (κ3) is 2.60. The fourth-order valence-electron chi connectivity index (χ4n) is 1.46. The fourth-order valence-corrected chi connectivity index (χ4v) is 1.46. The zero-order chi connectivity index (χ0) is 10.6. The number of aryl methyl sites for hydroxylation is 2. The van der Waals surface area contributed by atoms with Crippen molar-refractivity contribution < 1.29 is 0 Å². The highest BCUT2D eigenvalue weighted by molar-refractivity contribution is 5.68. The molecule has 0 heterocycles.